The number of aryl methyl sites for hydroxylation is 1. The lowest BCUT2D eigenvalue weighted by Gasteiger charge is -2.27. The largest absolute Gasteiger partial charge is 0.480 e. The lowest BCUT2D eigenvalue weighted by atomic mass is 10.2. The Kier molecular flexibility index (Phi) is 3.94. The van der Waals surface area contributed by atoms with E-state index >= 15 is 0 Å². The van der Waals surface area contributed by atoms with E-state index in [-0.39, 0.29) is 13.0 Å². The van der Waals surface area contributed by atoms with Crippen LogP contribution in [0.25, 0.3) is 0 Å². The minimum Gasteiger partial charge on any atom is -0.480 e. The van der Waals surface area contributed by atoms with Gasteiger partial charge in [0.1, 0.15) is 6.04 Å². The Morgan fingerprint density at radius 3 is 2.70 bits per heavy atom. The van der Waals surface area contributed by atoms with Gasteiger partial charge in [-0.15, -0.1) is 0 Å². The number of benzene rings is 1. The van der Waals surface area contributed by atoms with E-state index in [4.69, 9.17) is 5.11 Å². The molecule has 1 aliphatic rings. The van der Waals surface area contributed by atoms with Crippen molar-refractivity contribution in [3.8, 4) is 0 Å². The zero-order valence-electron chi connectivity index (χ0n) is 11.5. The van der Waals surface area contributed by atoms with Crippen LogP contribution in [0.15, 0.2) is 24.3 Å². The molecule has 2 unspecified atom stereocenters. The summed E-state index contributed by atoms with van der Waals surface area (Å²) in [5, 5.41) is 18.7. The maximum atomic E-state index is 12.4. The van der Waals surface area contributed by atoms with E-state index in [2.05, 4.69) is 0 Å². The number of carboxylic acid groups (broad SMARTS) is 1. The molecule has 0 saturated carbocycles. The molecule has 0 radical (unpaired) electrons. The molecular weight excluding hydrogens is 260 g/mol. The molecule has 1 heterocycles. The lowest BCUT2D eigenvalue weighted by molar-refractivity contribution is -0.141. The van der Waals surface area contributed by atoms with E-state index in [1.54, 1.807) is 13.1 Å². The van der Waals surface area contributed by atoms with Gasteiger partial charge in [-0.1, -0.05) is 12.1 Å². The number of β-amino-alcohol motifs (C(OH)–C–C–N with tert-alkyl or cyclic N) is 1. The van der Waals surface area contributed by atoms with Gasteiger partial charge in [-0.05, 0) is 24.6 Å². The van der Waals surface area contributed by atoms with Gasteiger partial charge in [0.05, 0.1) is 6.10 Å². The van der Waals surface area contributed by atoms with E-state index in [1.807, 2.05) is 25.1 Å². The van der Waals surface area contributed by atoms with Crippen LogP contribution in [0, 0.1) is 6.92 Å². The third-order valence-electron chi connectivity index (χ3n) is 3.49. The summed E-state index contributed by atoms with van der Waals surface area (Å²) in [5.41, 5.74) is 1.71. The van der Waals surface area contributed by atoms with Crippen molar-refractivity contribution in [2.45, 2.75) is 25.5 Å². The van der Waals surface area contributed by atoms with E-state index in [1.165, 1.54) is 9.80 Å². The van der Waals surface area contributed by atoms with Crippen LogP contribution in [-0.4, -0.2) is 52.9 Å². The van der Waals surface area contributed by atoms with Gasteiger partial charge < -0.3 is 15.1 Å². The number of likely N-dealkylation sites (tertiary alicyclic amines) is 1. The highest BCUT2D eigenvalue weighted by atomic mass is 16.4. The highest BCUT2D eigenvalue weighted by Crippen LogP contribution is 2.22. The fraction of sp³-hybridized carbons (Fsp3) is 0.429. The van der Waals surface area contributed by atoms with Crippen LogP contribution in [0.1, 0.15) is 12.0 Å². The predicted molar refractivity (Wildman–Crippen MR) is 73.7 cm³/mol. The molecule has 0 aliphatic carbocycles. The molecule has 1 aromatic carbocycles. The first-order valence-electron chi connectivity index (χ1n) is 6.42. The second-order valence-electron chi connectivity index (χ2n) is 5.08. The fourth-order valence-electron chi connectivity index (χ4n) is 2.40. The number of nitrogens with zero attached hydrogens (tertiary/aromatic N) is 2. The topological polar surface area (TPSA) is 81.1 Å². The Bertz CT molecular complexity index is 532. The first kappa shape index (κ1) is 14.3. The zero-order valence-corrected chi connectivity index (χ0v) is 11.5. The molecule has 1 aromatic rings. The number of aliphatic hydroxyl groups excluding tert-OH is 1. The van der Waals surface area contributed by atoms with Crippen LogP contribution in [-0.2, 0) is 4.79 Å². The van der Waals surface area contributed by atoms with E-state index in [9.17, 15) is 14.7 Å². The molecule has 2 atom stereocenters. The molecule has 6 heteroatoms. The van der Waals surface area contributed by atoms with Crippen molar-refractivity contribution in [2.24, 2.45) is 0 Å². The van der Waals surface area contributed by atoms with Gasteiger partial charge in [0.2, 0.25) is 0 Å². The number of hydrogen-bond acceptors (Lipinski definition) is 3. The van der Waals surface area contributed by atoms with Gasteiger partial charge in [-0.2, -0.15) is 0 Å². The summed E-state index contributed by atoms with van der Waals surface area (Å²) in [6, 6.07) is 6.00. The van der Waals surface area contributed by atoms with E-state index in [0.717, 1.165) is 5.56 Å². The number of aliphatic carboxylic acids is 1. The van der Waals surface area contributed by atoms with Crippen molar-refractivity contribution >= 4 is 17.7 Å². The third-order valence-corrected chi connectivity index (χ3v) is 3.49. The summed E-state index contributed by atoms with van der Waals surface area (Å²) >= 11 is 0. The number of carboxylic acids is 1. The number of hydrogen-bond donors (Lipinski definition) is 2. The molecule has 2 rings (SSSR count). The van der Waals surface area contributed by atoms with Crippen LogP contribution < -0.4 is 4.90 Å². The monoisotopic (exact) mass is 278 g/mol. The number of aliphatic hydroxyl groups is 1. The minimum absolute atomic E-state index is 0.0476. The second kappa shape index (κ2) is 5.50. The molecule has 2 amide bonds. The molecular formula is C14H18N2O4. The summed E-state index contributed by atoms with van der Waals surface area (Å²) in [6.07, 6.45) is -0.714. The fourth-order valence-corrected chi connectivity index (χ4v) is 2.40. The highest BCUT2D eigenvalue weighted by Gasteiger charge is 2.40. The number of urea groups is 1. The van der Waals surface area contributed by atoms with Crippen molar-refractivity contribution in [1.29, 1.82) is 0 Å². The maximum absolute atomic E-state index is 12.4. The van der Waals surface area contributed by atoms with Crippen molar-refractivity contribution in [3.63, 3.8) is 0 Å². The van der Waals surface area contributed by atoms with Crippen LogP contribution in [0.2, 0.25) is 0 Å². The minimum atomic E-state index is -1.09. The van der Waals surface area contributed by atoms with Gasteiger partial charge in [0.15, 0.2) is 0 Å². The van der Waals surface area contributed by atoms with Crippen LogP contribution in [0.4, 0.5) is 10.5 Å². The Labute approximate surface area is 117 Å². The molecule has 20 heavy (non-hydrogen) atoms. The lowest BCUT2D eigenvalue weighted by Crippen LogP contribution is -2.47. The molecule has 0 aromatic heterocycles. The smallest absolute Gasteiger partial charge is 0.326 e. The molecule has 6 nitrogen and oxygen atoms in total. The van der Waals surface area contributed by atoms with Crippen LogP contribution in [0.5, 0.6) is 0 Å². The number of carbonyl (C=O) groups excluding carboxylic acids is 1. The van der Waals surface area contributed by atoms with Crippen LogP contribution >= 0.6 is 0 Å². The second-order valence-corrected chi connectivity index (χ2v) is 5.08. The first-order chi connectivity index (χ1) is 9.40. The zero-order chi connectivity index (χ0) is 14.9. The quantitative estimate of drug-likeness (QED) is 0.848. The predicted octanol–water partition coefficient (Wildman–Crippen LogP) is 1.07. The van der Waals surface area contributed by atoms with Gasteiger partial charge in [-0.3, -0.25) is 4.90 Å². The first-order valence-corrected chi connectivity index (χ1v) is 6.42. The number of amides is 2. The summed E-state index contributed by atoms with van der Waals surface area (Å²) in [6.45, 7) is 1.97. The maximum Gasteiger partial charge on any atom is 0.326 e. The van der Waals surface area contributed by atoms with Crippen molar-refractivity contribution in [2.75, 3.05) is 18.5 Å². The van der Waals surface area contributed by atoms with Crippen molar-refractivity contribution in [3.05, 3.63) is 29.8 Å². The average Bonchev–Trinajstić information content (AvgIpc) is 2.79. The van der Waals surface area contributed by atoms with Crippen LogP contribution in [0.3, 0.4) is 0 Å². The highest BCUT2D eigenvalue weighted by molar-refractivity contribution is 5.94. The van der Waals surface area contributed by atoms with Crippen molar-refractivity contribution < 1.29 is 19.8 Å². The molecule has 1 saturated heterocycles. The third kappa shape index (κ3) is 2.75. The van der Waals surface area contributed by atoms with Gasteiger partial charge in [-0.25, -0.2) is 9.59 Å². The van der Waals surface area contributed by atoms with Crippen molar-refractivity contribution in [1.82, 2.24) is 4.90 Å². The van der Waals surface area contributed by atoms with Gasteiger partial charge in [0, 0.05) is 25.7 Å². The molecule has 2 N–H and O–H groups in total. The normalized spacial score (nSPS) is 21.9. The Morgan fingerprint density at radius 1 is 1.40 bits per heavy atom. The summed E-state index contributed by atoms with van der Waals surface area (Å²) in [4.78, 5) is 26.2. The molecule has 1 fully saturated rings. The number of anilines is 1. The number of carbonyl (C=O) groups is 2. The summed E-state index contributed by atoms with van der Waals surface area (Å²) in [5.74, 6) is -1.09. The summed E-state index contributed by atoms with van der Waals surface area (Å²) < 4.78 is 0. The van der Waals surface area contributed by atoms with Gasteiger partial charge >= 0.3 is 12.0 Å². The SMILES string of the molecule is Cc1cccc(N(C)C(=O)N2CC(O)CC2C(=O)O)c1. The Balaban J connectivity index is 2.20. The Morgan fingerprint density at radius 2 is 2.10 bits per heavy atom. The van der Waals surface area contributed by atoms with E-state index < -0.39 is 24.1 Å². The van der Waals surface area contributed by atoms with Gasteiger partial charge in [0.25, 0.3) is 0 Å². The molecule has 0 spiro atoms. The number of rotatable bonds is 2. The molecule has 1 aliphatic heterocycles. The Hall–Kier alpha value is -2.08. The summed E-state index contributed by atoms with van der Waals surface area (Å²) in [7, 11) is 1.60. The standard InChI is InChI=1S/C14H18N2O4/c1-9-4-3-5-10(6-9)15(2)14(20)16-8-11(17)7-12(16)13(18)19/h3-6,11-12,17H,7-8H2,1-2H3,(H,18,19). The van der Waals surface area contributed by atoms with E-state index in [0.29, 0.717) is 5.69 Å². The average molecular weight is 278 g/mol. The molecule has 0 bridgehead atoms. The molecule has 108 valence electrons.